The zero-order chi connectivity index (χ0) is 9.14. The summed E-state index contributed by atoms with van der Waals surface area (Å²) in [6.07, 6.45) is 0. The smallest absolute Gasteiger partial charge is 0.130 e. The molecule has 0 aliphatic carbocycles. The molecule has 0 amide bonds. The van der Waals surface area contributed by atoms with E-state index < -0.39 is 24.3 Å². The number of hydrogen-bond acceptors (Lipinski definition) is 2. The molecular formula is C8H9F2NO. The van der Waals surface area contributed by atoms with Crippen LogP contribution >= 0.6 is 0 Å². The molecule has 0 saturated carbocycles. The van der Waals surface area contributed by atoms with E-state index in [1.165, 1.54) is 6.07 Å². The minimum atomic E-state index is -0.994. The number of aliphatic hydroxyl groups is 1. The number of halogens is 2. The van der Waals surface area contributed by atoms with Gasteiger partial charge in [0.2, 0.25) is 0 Å². The highest BCUT2D eigenvalue weighted by Crippen LogP contribution is 2.17. The van der Waals surface area contributed by atoms with Gasteiger partial charge in [-0.05, 0) is 12.1 Å². The normalized spacial score (nSPS) is 13.0. The maximum absolute atomic E-state index is 12.9. The van der Waals surface area contributed by atoms with Crippen LogP contribution in [0.5, 0.6) is 0 Å². The van der Waals surface area contributed by atoms with Crippen LogP contribution in [0.15, 0.2) is 18.2 Å². The topological polar surface area (TPSA) is 46.2 Å². The summed E-state index contributed by atoms with van der Waals surface area (Å²) in [5, 5.41) is 8.58. The lowest BCUT2D eigenvalue weighted by Gasteiger charge is -2.09. The van der Waals surface area contributed by atoms with Crippen LogP contribution < -0.4 is 5.73 Å². The van der Waals surface area contributed by atoms with E-state index in [0.717, 1.165) is 12.1 Å². The Morgan fingerprint density at radius 3 is 2.25 bits per heavy atom. The SMILES string of the molecule is NC(CO)c1c(F)cccc1F. The highest BCUT2D eigenvalue weighted by Gasteiger charge is 2.14. The molecule has 0 heterocycles. The van der Waals surface area contributed by atoms with Gasteiger partial charge in [-0.3, -0.25) is 0 Å². The first-order chi connectivity index (χ1) is 5.66. The summed E-state index contributed by atoms with van der Waals surface area (Å²) in [7, 11) is 0. The molecule has 1 rings (SSSR count). The highest BCUT2D eigenvalue weighted by molar-refractivity contribution is 5.22. The van der Waals surface area contributed by atoms with Gasteiger partial charge in [-0.25, -0.2) is 8.78 Å². The standard InChI is InChI=1S/C8H9F2NO/c9-5-2-1-3-6(10)8(5)7(11)4-12/h1-3,7,12H,4,11H2. The number of nitrogens with two attached hydrogens (primary N) is 1. The molecule has 2 nitrogen and oxygen atoms in total. The molecule has 0 spiro atoms. The maximum atomic E-state index is 12.9. The lowest BCUT2D eigenvalue weighted by atomic mass is 10.1. The number of rotatable bonds is 2. The Bertz CT molecular complexity index is 258. The lowest BCUT2D eigenvalue weighted by molar-refractivity contribution is 0.262. The third-order valence-corrected chi connectivity index (χ3v) is 1.57. The second-order valence-corrected chi connectivity index (χ2v) is 2.42. The van der Waals surface area contributed by atoms with E-state index in [-0.39, 0.29) is 5.56 Å². The number of hydrogen-bond donors (Lipinski definition) is 2. The summed E-state index contributed by atoms with van der Waals surface area (Å²) in [5.41, 5.74) is 5.00. The van der Waals surface area contributed by atoms with Crippen LogP contribution in [0.2, 0.25) is 0 Å². The molecule has 1 atom stereocenters. The average molecular weight is 173 g/mol. The first-order valence-corrected chi connectivity index (χ1v) is 3.47. The molecule has 0 aromatic heterocycles. The zero-order valence-corrected chi connectivity index (χ0v) is 6.30. The average Bonchev–Trinajstić information content (AvgIpc) is 2.03. The highest BCUT2D eigenvalue weighted by atomic mass is 19.1. The molecule has 0 bridgehead atoms. The number of aliphatic hydroxyl groups excluding tert-OH is 1. The molecule has 4 heteroatoms. The van der Waals surface area contributed by atoms with Gasteiger partial charge in [0.25, 0.3) is 0 Å². The van der Waals surface area contributed by atoms with Crippen molar-refractivity contribution in [2.45, 2.75) is 6.04 Å². The van der Waals surface area contributed by atoms with Crippen molar-refractivity contribution in [3.05, 3.63) is 35.4 Å². The Balaban J connectivity index is 3.12. The van der Waals surface area contributed by atoms with Gasteiger partial charge < -0.3 is 10.8 Å². The summed E-state index contributed by atoms with van der Waals surface area (Å²) in [4.78, 5) is 0. The zero-order valence-electron chi connectivity index (χ0n) is 6.30. The van der Waals surface area contributed by atoms with Gasteiger partial charge in [0.15, 0.2) is 0 Å². The summed E-state index contributed by atoms with van der Waals surface area (Å²) in [6.45, 7) is -0.474. The molecule has 0 aliphatic heterocycles. The van der Waals surface area contributed by atoms with Crippen molar-refractivity contribution in [3.8, 4) is 0 Å². The maximum Gasteiger partial charge on any atom is 0.130 e. The van der Waals surface area contributed by atoms with Crippen LogP contribution in [0.3, 0.4) is 0 Å². The molecule has 1 aromatic carbocycles. The van der Waals surface area contributed by atoms with Crippen LogP contribution in [0.25, 0.3) is 0 Å². The first-order valence-electron chi connectivity index (χ1n) is 3.47. The third kappa shape index (κ3) is 1.60. The third-order valence-electron chi connectivity index (χ3n) is 1.57. The van der Waals surface area contributed by atoms with Crippen molar-refractivity contribution in [3.63, 3.8) is 0 Å². The van der Waals surface area contributed by atoms with Crippen LogP contribution in [0.4, 0.5) is 8.78 Å². The van der Waals surface area contributed by atoms with E-state index in [0.29, 0.717) is 0 Å². The first kappa shape index (κ1) is 9.09. The molecule has 12 heavy (non-hydrogen) atoms. The Morgan fingerprint density at radius 2 is 1.83 bits per heavy atom. The molecule has 3 N–H and O–H groups in total. The van der Waals surface area contributed by atoms with Crippen LogP contribution in [0, 0.1) is 11.6 Å². The number of benzene rings is 1. The molecule has 1 aromatic rings. The minimum Gasteiger partial charge on any atom is -0.394 e. The fourth-order valence-electron chi connectivity index (χ4n) is 0.956. The van der Waals surface area contributed by atoms with Crippen molar-refractivity contribution in [1.29, 1.82) is 0 Å². The quantitative estimate of drug-likeness (QED) is 0.699. The molecule has 1 unspecified atom stereocenters. The van der Waals surface area contributed by atoms with Gasteiger partial charge in [-0.2, -0.15) is 0 Å². The molecule has 0 saturated heterocycles. The van der Waals surface area contributed by atoms with Crippen molar-refractivity contribution in [2.75, 3.05) is 6.61 Å². The molecule has 66 valence electrons. The van der Waals surface area contributed by atoms with Gasteiger partial charge in [0.1, 0.15) is 11.6 Å². The summed E-state index contributed by atoms with van der Waals surface area (Å²) in [6, 6.07) is 2.46. The molecule has 0 radical (unpaired) electrons. The van der Waals surface area contributed by atoms with E-state index in [1.54, 1.807) is 0 Å². The van der Waals surface area contributed by atoms with Gasteiger partial charge in [-0.15, -0.1) is 0 Å². The fourth-order valence-corrected chi connectivity index (χ4v) is 0.956. The predicted molar refractivity (Wildman–Crippen MR) is 40.4 cm³/mol. The van der Waals surface area contributed by atoms with E-state index in [9.17, 15) is 8.78 Å². The lowest BCUT2D eigenvalue weighted by Crippen LogP contribution is -2.17. The Kier molecular flexibility index (Phi) is 2.73. The molecular weight excluding hydrogens is 164 g/mol. The van der Waals surface area contributed by atoms with Gasteiger partial charge >= 0.3 is 0 Å². The fraction of sp³-hybridized carbons (Fsp3) is 0.250. The predicted octanol–water partition coefficient (Wildman–Crippen LogP) is 0.957. The van der Waals surface area contributed by atoms with Gasteiger partial charge in [-0.1, -0.05) is 6.07 Å². The van der Waals surface area contributed by atoms with Gasteiger partial charge in [0, 0.05) is 5.56 Å². The summed E-state index contributed by atoms with van der Waals surface area (Å²) in [5.74, 6) is -1.45. The van der Waals surface area contributed by atoms with Crippen molar-refractivity contribution in [1.82, 2.24) is 0 Å². The minimum absolute atomic E-state index is 0.264. The van der Waals surface area contributed by atoms with Crippen molar-refractivity contribution in [2.24, 2.45) is 5.73 Å². The second kappa shape index (κ2) is 3.60. The van der Waals surface area contributed by atoms with Gasteiger partial charge in [0.05, 0.1) is 12.6 Å². The largest absolute Gasteiger partial charge is 0.394 e. The Morgan fingerprint density at radius 1 is 1.33 bits per heavy atom. The Hall–Kier alpha value is -1.00. The van der Waals surface area contributed by atoms with E-state index in [4.69, 9.17) is 10.8 Å². The monoisotopic (exact) mass is 173 g/mol. The Labute approximate surface area is 68.6 Å². The molecule has 0 aliphatic rings. The van der Waals surface area contributed by atoms with Crippen LogP contribution in [0.1, 0.15) is 11.6 Å². The van der Waals surface area contributed by atoms with Crippen LogP contribution in [-0.2, 0) is 0 Å². The summed E-state index contributed by atoms with van der Waals surface area (Å²) < 4.78 is 25.7. The molecule has 0 fully saturated rings. The van der Waals surface area contributed by atoms with Crippen molar-refractivity contribution < 1.29 is 13.9 Å². The summed E-state index contributed by atoms with van der Waals surface area (Å²) >= 11 is 0. The van der Waals surface area contributed by atoms with E-state index >= 15 is 0 Å². The van der Waals surface area contributed by atoms with Crippen molar-refractivity contribution >= 4 is 0 Å². The van der Waals surface area contributed by atoms with E-state index in [1.807, 2.05) is 0 Å². The van der Waals surface area contributed by atoms with Crippen LogP contribution in [-0.4, -0.2) is 11.7 Å². The van der Waals surface area contributed by atoms with E-state index in [2.05, 4.69) is 0 Å². The second-order valence-electron chi connectivity index (χ2n) is 2.42.